The van der Waals surface area contributed by atoms with Crippen molar-refractivity contribution in [3.8, 4) is 0 Å². The summed E-state index contributed by atoms with van der Waals surface area (Å²) in [5.74, 6) is 1.71. The van der Waals surface area contributed by atoms with Crippen molar-refractivity contribution in [1.29, 1.82) is 0 Å². The monoisotopic (exact) mass is 237 g/mol. The lowest BCUT2D eigenvalue weighted by molar-refractivity contribution is -0.127. The zero-order valence-corrected chi connectivity index (χ0v) is 11.7. The van der Waals surface area contributed by atoms with E-state index < -0.39 is 0 Å². The molecule has 2 nitrogen and oxygen atoms in total. The van der Waals surface area contributed by atoms with Crippen LogP contribution in [0.4, 0.5) is 0 Å². The van der Waals surface area contributed by atoms with Crippen LogP contribution in [0.25, 0.3) is 0 Å². The second-order valence-corrected chi connectivity index (χ2v) is 7.05. The van der Waals surface area contributed by atoms with Crippen LogP contribution in [0, 0.1) is 17.3 Å². The maximum Gasteiger partial charge on any atom is 0.137 e. The van der Waals surface area contributed by atoms with E-state index in [2.05, 4.69) is 25.8 Å². The van der Waals surface area contributed by atoms with Crippen LogP contribution in [0.1, 0.15) is 52.4 Å². The maximum absolute atomic E-state index is 12.0. The normalized spacial score (nSPS) is 29.4. The van der Waals surface area contributed by atoms with Crippen LogP contribution in [0.3, 0.4) is 0 Å². The minimum absolute atomic E-state index is 0.295. The summed E-state index contributed by atoms with van der Waals surface area (Å²) in [6, 6.07) is 0. The Kier molecular flexibility index (Phi) is 3.92. The van der Waals surface area contributed by atoms with Crippen molar-refractivity contribution >= 4 is 5.78 Å². The van der Waals surface area contributed by atoms with Crippen molar-refractivity contribution in [2.45, 2.75) is 52.4 Å². The smallest absolute Gasteiger partial charge is 0.137 e. The third-order valence-corrected chi connectivity index (χ3v) is 4.63. The number of carbonyl (C=O) groups is 1. The summed E-state index contributed by atoms with van der Waals surface area (Å²) in [4.78, 5) is 14.4. The average molecular weight is 237 g/mol. The number of ketones is 1. The van der Waals surface area contributed by atoms with E-state index in [4.69, 9.17) is 0 Å². The Morgan fingerprint density at radius 2 is 2.00 bits per heavy atom. The molecule has 1 unspecified atom stereocenters. The first-order valence-electron chi connectivity index (χ1n) is 7.17. The third kappa shape index (κ3) is 3.54. The average Bonchev–Trinajstić information content (AvgIpc) is 2.17. The van der Waals surface area contributed by atoms with Gasteiger partial charge in [0.1, 0.15) is 5.78 Å². The number of hydrogen-bond donors (Lipinski definition) is 0. The molecule has 2 aliphatic carbocycles. The molecule has 0 bridgehead atoms. The Morgan fingerprint density at radius 3 is 2.59 bits per heavy atom. The Hall–Kier alpha value is -0.370. The topological polar surface area (TPSA) is 20.3 Å². The second-order valence-electron chi connectivity index (χ2n) is 7.05. The Labute approximate surface area is 106 Å². The lowest BCUT2D eigenvalue weighted by Crippen LogP contribution is -2.39. The van der Waals surface area contributed by atoms with Gasteiger partial charge in [0.2, 0.25) is 0 Å². The molecule has 0 saturated heterocycles. The molecule has 0 spiro atoms. The number of hydrogen-bond acceptors (Lipinski definition) is 2. The van der Waals surface area contributed by atoms with Crippen LogP contribution < -0.4 is 0 Å². The van der Waals surface area contributed by atoms with E-state index >= 15 is 0 Å². The molecule has 2 heteroatoms. The first-order chi connectivity index (χ1) is 7.96. The number of rotatable bonds is 4. The first-order valence-corrected chi connectivity index (χ1v) is 7.17. The fourth-order valence-electron chi connectivity index (χ4n) is 3.28. The van der Waals surface area contributed by atoms with E-state index in [1.807, 2.05) is 0 Å². The summed E-state index contributed by atoms with van der Waals surface area (Å²) in [6.45, 7) is 6.79. The SMILES string of the molecule is CN(CC1CCC1)CC1CC(C)(C)CCC1=O. The van der Waals surface area contributed by atoms with Crippen molar-refractivity contribution in [3.63, 3.8) is 0 Å². The predicted molar refractivity (Wildman–Crippen MR) is 71.0 cm³/mol. The van der Waals surface area contributed by atoms with E-state index in [1.165, 1.54) is 25.8 Å². The highest BCUT2D eigenvalue weighted by molar-refractivity contribution is 5.82. The molecule has 2 rings (SSSR count). The first kappa shape index (κ1) is 13.1. The fraction of sp³-hybridized carbons (Fsp3) is 0.933. The molecule has 2 fully saturated rings. The van der Waals surface area contributed by atoms with Crippen LogP contribution in [0.15, 0.2) is 0 Å². The highest BCUT2D eigenvalue weighted by atomic mass is 16.1. The molecule has 98 valence electrons. The van der Waals surface area contributed by atoms with Crippen molar-refractivity contribution in [2.75, 3.05) is 20.1 Å². The van der Waals surface area contributed by atoms with Crippen molar-refractivity contribution in [3.05, 3.63) is 0 Å². The molecule has 0 aromatic heterocycles. The summed E-state index contributed by atoms with van der Waals surface area (Å²) in [5.41, 5.74) is 0.371. The minimum Gasteiger partial charge on any atom is -0.305 e. The summed E-state index contributed by atoms with van der Waals surface area (Å²) >= 11 is 0. The van der Waals surface area contributed by atoms with Gasteiger partial charge in [-0.2, -0.15) is 0 Å². The van der Waals surface area contributed by atoms with Gasteiger partial charge in [0.05, 0.1) is 0 Å². The number of nitrogens with zero attached hydrogens (tertiary/aromatic N) is 1. The Bertz CT molecular complexity index is 281. The predicted octanol–water partition coefficient (Wildman–Crippen LogP) is 3.11. The highest BCUT2D eigenvalue weighted by Gasteiger charge is 2.34. The molecule has 17 heavy (non-hydrogen) atoms. The molecule has 0 radical (unpaired) electrons. The lowest BCUT2D eigenvalue weighted by Gasteiger charge is -2.37. The molecule has 0 aliphatic heterocycles. The summed E-state index contributed by atoms with van der Waals surface area (Å²) in [7, 11) is 2.19. The molecule has 0 aromatic carbocycles. The van der Waals surface area contributed by atoms with E-state index in [9.17, 15) is 4.79 Å². The molecular weight excluding hydrogens is 210 g/mol. The van der Waals surface area contributed by atoms with Gasteiger partial charge in [-0.25, -0.2) is 0 Å². The van der Waals surface area contributed by atoms with Gasteiger partial charge in [0, 0.05) is 25.4 Å². The van der Waals surface area contributed by atoms with Gasteiger partial charge in [-0.3, -0.25) is 4.79 Å². The van der Waals surface area contributed by atoms with Crippen LogP contribution >= 0.6 is 0 Å². The van der Waals surface area contributed by atoms with E-state index in [0.29, 0.717) is 17.1 Å². The molecule has 0 N–H and O–H groups in total. The summed E-state index contributed by atoms with van der Waals surface area (Å²) < 4.78 is 0. The minimum atomic E-state index is 0.295. The highest BCUT2D eigenvalue weighted by Crippen LogP contribution is 2.37. The van der Waals surface area contributed by atoms with E-state index in [-0.39, 0.29) is 0 Å². The van der Waals surface area contributed by atoms with E-state index in [0.717, 1.165) is 31.7 Å². The second kappa shape index (κ2) is 5.09. The van der Waals surface area contributed by atoms with Crippen molar-refractivity contribution in [2.24, 2.45) is 17.3 Å². The van der Waals surface area contributed by atoms with Gasteiger partial charge in [0.25, 0.3) is 0 Å². The van der Waals surface area contributed by atoms with Gasteiger partial charge in [-0.1, -0.05) is 20.3 Å². The van der Waals surface area contributed by atoms with Crippen molar-refractivity contribution < 1.29 is 4.79 Å². The van der Waals surface area contributed by atoms with Crippen LogP contribution in [0.2, 0.25) is 0 Å². The fourth-order valence-corrected chi connectivity index (χ4v) is 3.28. The number of Topliss-reactive ketones (excluding diaryl/α,β-unsaturated/α-hetero) is 1. The van der Waals surface area contributed by atoms with Crippen LogP contribution in [-0.4, -0.2) is 30.8 Å². The van der Waals surface area contributed by atoms with E-state index in [1.54, 1.807) is 0 Å². The molecular formula is C15H27NO. The molecule has 0 heterocycles. The van der Waals surface area contributed by atoms with Gasteiger partial charge < -0.3 is 4.90 Å². The van der Waals surface area contributed by atoms with Gasteiger partial charge >= 0.3 is 0 Å². The molecule has 0 aromatic rings. The van der Waals surface area contributed by atoms with Gasteiger partial charge in [-0.15, -0.1) is 0 Å². The van der Waals surface area contributed by atoms with Crippen molar-refractivity contribution in [1.82, 2.24) is 4.90 Å². The zero-order chi connectivity index (χ0) is 12.5. The lowest BCUT2D eigenvalue weighted by atomic mass is 9.71. The Morgan fingerprint density at radius 1 is 1.29 bits per heavy atom. The molecule has 0 amide bonds. The molecule has 2 saturated carbocycles. The summed E-state index contributed by atoms with van der Waals surface area (Å²) in [6.07, 6.45) is 7.17. The maximum atomic E-state index is 12.0. The van der Waals surface area contributed by atoms with Gasteiger partial charge in [0.15, 0.2) is 0 Å². The Balaban J connectivity index is 1.81. The van der Waals surface area contributed by atoms with Crippen LogP contribution in [0.5, 0.6) is 0 Å². The largest absolute Gasteiger partial charge is 0.305 e. The van der Waals surface area contributed by atoms with Crippen LogP contribution in [-0.2, 0) is 4.79 Å². The third-order valence-electron chi connectivity index (χ3n) is 4.63. The standard InChI is InChI=1S/C15H27NO/c1-15(2)8-7-14(17)13(9-15)11-16(3)10-12-5-4-6-12/h12-13H,4-11H2,1-3H3. The number of carbonyl (C=O) groups excluding carboxylic acids is 1. The molecule has 2 aliphatic rings. The molecule has 1 atom stereocenters. The summed E-state index contributed by atoms with van der Waals surface area (Å²) in [5, 5.41) is 0. The zero-order valence-electron chi connectivity index (χ0n) is 11.7. The van der Waals surface area contributed by atoms with Gasteiger partial charge in [-0.05, 0) is 44.1 Å². The quantitative estimate of drug-likeness (QED) is 0.749.